The van der Waals surface area contributed by atoms with Gasteiger partial charge in [0.25, 0.3) is 0 Å². The van der Waals surface area contributed by atoms with Crippen LogP contribution in [-0.4, -0.2) is 34.2 Å². The third-order valence-electron chi connectivity index (χ3n) is 4.31. The number of aliphatic carboxylic acids is 1. The number of amides is 1. The van der Waals surface area contributed by atoms with E-state index in [1.807, 2.05) is 0 Å². The van der Waals surface area contributed by atoms with Gasteiger partial charge in [0.05, 0.1) is 5.92 Å². The lowest BCUT2D eigenvalue weighted by Gasteiger charge is -2.30. The lowest BCUT2D eigenvalue weighted by Crippen LogP contribution is -2.46. The number of hydrogen-bond acceptors (Lipinski definition) is 3. The molecule has 1 aliphatic rings. The third kappa shape index (κ3) is 4.94. The van der Waals surface area contributed by atoms with E-state index in [4.69, 9.17) is 0 Å². The van der Waals surface area contributed by atoms with Gasteiger partial charge in [0.2, 0.25) is 5.91 Å². The highest BCUT2D eigenvalue weighted by Gasteiger charge is 2.43. The quantitative estimate of drug-likeness (QED) is 0.860. The minimum absolute atomic E-state index is 0.0205. The molecule has 0 radical (unpaired) electrons. The van der Waals surface area contributed by atoms with Crippen LogP contribution in [0.4, 0.5) is 13.2 Å². The molecule has 1 aromatic heterocycles. The Morgan fingerprint density at radius 1 is 1.29 bits per heavy atom. The van der Waals surface area contributed by atoms with Crippen LogP contribution < -0.4 is 5.32 Å². The molecule has 2 rings (SSSR count). The Bertz CT molecular complexity index is 578. The molecule has 24 heavy (non-hydrogen) atoms. The lowest BCUT2D eigenvalue weighted by molar-refractivity contribution is -0.186. The summed E-state index contributed by atoms with van der Waals surface area (Å²) in [4.78, 5) is 27.4. The van der Waals surface area contributed by atoms with E-state index in [1.165, 1.54) is 12.4 Å². The van der Waals surface area contributed by atoms with E-state index in [0.717, 1.165) is 0 Å². The van der Waals surface area contributed by atoms with E-state index in [0.29, 0.717) is 18.4 Å². The highest BCUT2D eigenvalue weighted by atomic mass is 19.4. The number of carbonyl (C=O) groups excluding carboxylic acids is 1. The normalized spacial score (nSPS) is 22.6. The smallest absolute Gasteiger partial charge is 0.391 e. The first-order valence-electron chi connectivity index (χ1n) is 7.76. The third-order valence-corrected chi connectivity index (χ3v) is 4.31. The number of carboxylic acid groups (broad SMARTS) is 1. The van der Waals surface area contributed by atoms with Crippen molar-refractivity contribution in [2.75, 3.05) is 0 Å². The summed E-state index contributed by atoms with van der Waals surface area (Å²) in [6.07, 6.45) is -0.856. The van der Waals surface area contributed by atoms with Crippen LogP contribution in [0.2, 0.25) is 0 Å². The first-order chi connectivity index (χ1) is 11.3. The highest BCUT2D eigenvalue weighted by Crippen LogP contribution is 2.39. The molecule has 132 valence electrons. The largest absolute Gasteiger partial charge is 0.480 e. The molecule has 3 atom stereocenters. The predicted octanol–water partition coefficient (Wildman–Crippen LogP) is 2.56. The summed E-state index contributed by atoms with van der Waals surface area (Å²) in [5.41, 5.74) is 0.675. The Kier molecular flexibility index (Phi) is 5.80. The van der Waals surface area contributed by atoms with Crippen LogP contribution in [0.15, 0.2) is 24.5 Å². The van der Waals surface area contributed by atoms with Gasteiger partial charge in [-0.2, -0.15) is 13.2 Å². The number of halogens is 3. The van der Waals surface area contributed by atoms with Crippen LogP contribution in [0.5, 0.6) is 0 Å². The van der Waals surface area contributed by atoms with Crippen LogP contribution in [0.3, 0.4) is 0 Å². The molecule has 3 unspecified atom stereocenters. The molecule has 0 spiro atoms. The van der Waals surface area contributed by atoms with Crippen LogP contribution in [0.25, 0.3) is 0 Å². The van der Waals surface area contributed by atoms with E-state index in [1.54, 1.807) is 12.1 Å². The second kappa shape index (κ2) is 7.63. The van der Waals surface area contributed by atoms with Crippen molar-refractivity contribution in [2.45, 2.75) is 44.3 Å². The Morgan fingerprint density at radius 3 is 2.54 bits per heavy atom. The zero-order chi connectivity index (χ0) is 17.7. The molecule has 1 fully saturated rings. The summed E-state index contributed by atoms with van der Waals surface area (Å²) < 4.78 is 38.5. The van der Waals surface area contributed by atoms with Crippen molar-refractivity contribution in [3.63, 3.8) is 0 Å². The summed E-state index contributed by atoms with van der Waals surface area (Å²) >= 11 is 0. The van der Waals surface area contributed by atoms with Gasteiger partial charge in [-0.05, 0) is 37.0 Å². The first kappa shape index (κ1) is 18.2. The fourth-order valence-electron chi connectivity index (χ4n) is 2.97. The Hall–Kier alpha value is -2.12. The number of alkyl halides is 3. The van der Waals surface area contributed by atoms with Gasteiger partial charge >= 0.3 is 12.1 Å². The summed E-state index contributed by atoms with van der Waals surface area (Å²) in [5, 5.41) is 11.6. The van der Waals surface area contributed by atoms with Gasteiger partial charge in [0.15, 0.2) is 0 Å². The molecule has 2 N–H and O–H groups in total. The maximum absolute atomic E-state index is 12.8. The zero-order valence-corrected chi connectivity index (χ0v) is 12.9. The molecule has 0 aliphatic heterocycles. The van der Waals surface area contributed by atoms with Gasteiger partial charge in [-0.3, -0.25) is 9.78 Å². The molecule has 1 saturated carbocycles. The SMILES string of the molecule is O=C(NC(Cc1ccncc1)C(=O)O)C1CCCC(C(F)(F)F)C1. The number of hydrogen-bond donors (Lipinski definition) is 2. The topological polar surface area (TPSA) is 79.3 Å². The van der Waals surface area contributed by atoms with Gasteiger partial charge in [0, 0.05) is 24.7 Å². The average molecular weight is 344 g/mol. The van der Waals surface area contributed by atoms with Crippen molar-refractivity contribution in [1.82, 2.24) is 10.3 Å². The van der Waals surface area contributed by atoms with E-state index >= 15 is 0 Å². The molecule has 8 heteroatoms. The van der Waals surface area contributed by atoms with E-state index < -0.39 is 35.9 Å². The molecule has 1 amide bonds. The molecule has 0 aromatic carbocycles. The summed E-state index contributed by atoms with van der Waals surface area (Å²) in [6.45, 7) is 0. The van der Waals surface area contributed by atoms with Crippen LogP contribution in [0.1, 0.15) is 31.2 Å². The maximum Gasteiger partial charge on any atom is 0.391 e. The highest BCUT2D eigenvalue weighted by molar-refractivity contribution is 5.85. The van der Waals surface area contributed by atoms with Crippen molar-refractivity contribution in [3.05, 3.63) is 30.1 Å². The monoisotopic (exact) mass is 344 g/mol. The van der Waals surface area contributed by atoms with Gasteiger partial charge in [-0.1, -0.05) is 6.42 Å². The van der Waals surface area contributed by atoms with E-state index in [2.05, 4.69) is 10.3 Å². The van der Waals surface area contributed by atoms with Gasteiger partial charge in [-0.15, -0.1) is 0 Å². The Balaban J connectivity index is 1.98. The molecule has 1 aliphatic carbocycles. The van der Waals surface area contributed by atoms with E-state index in [-0.39, 0.29) is 19.3 Å². The zero-order valence-electron chi connectivity index (χ0n) is 12.9. The summed E-state index contributed by atoms with van der Waals surface area (Å²) in [5.74, 6) is -4.14. The van der Waals surface area contributed by atoms with Crippen molar-refractivity contribution in [3.8, 4) is 0 Å². The van der Waals surface area contributed by atoms with Crippen LogP contribution in [-0.2, 0) is 16.0 Å². The molecule has 1 aromatic rings. The number of pyridine rings is 1. The second-order valence-electron chi connectivity index (χ2n) is 6.06. The fraction of sp³-hybridized carbons (Fsp3) is 0.562. The average Bonchev–Trinajstić information content (AvgIpc) is 2.54. The van der Waals surface area contributed by atoms with Crippen molar-refractivity contribution in [2.24, 2.45) is 11.8 Å². The number of nitrogens with zero attached hydrogens (tertiary/aromatic N) is 1. The molecular weight excluding hydrogens is 325 g/mol. The first-order valence-corrected chi connectivity index (χ1v) is 7.76. The van der Waals surface area contributed by atoms with E-state index in [9.17, 15) is 27.9 Å². The number of rotatable bonds is 5. The van der Waals surface area contributed by atoms with Gasteiger partial charge in [-0.25, -0.2) is 4.79 Å². The number of carboxylic acids is 1. The summed E-state index contributed by atoms with van der Waals surface area (Å²) in [6, 6.07) is 2.08. The van der Waals surface area contributed by atoms with Crippen molar-refractivity contribution >= 4 is 11.9 Å². The molecule has 1 heterocycles. The lowest BCUT2D eigenvalue weighted by atomic mass is 9.80. The molecule has 5 nitrogen and oxygen atoms in total. The van der Waals surface area contributed by atoms with Crippen molar-refractivity contribution < 1.29 is 27.9 Å². The van der Waals surface area contributed by atoms with Crippen LogP contribution >= 0.6 is 0 Å². The summed E-state index contributed by atoms with van der Waals surface area (Å²) in [7, 11) is 0. The minimum Gasteiger partial charge on any atom is -0.480 e. The minimum atomic E-state index is -4.32. The number of aromatic nitrogens is 1. The van der Waals surface area contributed by atoms with Gasteiger partial charge in [0.1, 0.15) is 6.04 Å². The predicted molar refractivity (Wildman–Crippen MR) is 79.0 cm³/mol. The number of nitrogens with one attached hydrogen (secondary N) is 1. The fourth-order valence-corrected chi connectivity index (χ4v) is 2.97. The van der Waals surface area contributed by atoms with Gasteiger partial charge < -0.3 is 10.4 Å². The second-order valence-corrected chi connectivity index (χ2v) is 6.06. The Morgan fingerprint density at radius 2 is 1.96 bits per heavy atom. The number of carbonyl (C=O) groups is 2. The molecular formula is C16H19F3N2O3. The Labute approximate surface area is 137 Å². The maximum atomic E-state index is 12.8. The van der Waals surface area contributed by atoms with Crippen molar-refractivity contribution in [1.29, 1.82) is 0 Å². The van der Waals surface area contributed by atoms with Crippen LogP contribution in [0, 0.1) is 11.8 Å². The standard InChI is InChI=1S/C16H19F3N2O3/c17-16(18,19)12-3-1-2-11(9-12)14(22)21-13(15(23)24)8-10-4-6-20-7-5-10/h4-7,11-13H,1-3,8-9H2,(H,21,22)(H,23,24). The molecule has 0 bridgehead atoms. The molecule has 0 saturated heterocycles.